The fourth-order valence-corrected chi connectivity index (χ4v) is 2.52. The van der Waals surface area contributed by atoms with Crippen LogP contribution in [-0.4, -0.2) is 10.9 Å². The van der Waals surface area contributed by atoms with E-state index in [1.165, 1.54) is 37.1 Å². The van der Waals surface area contributed by atoms with Crippen molar-refractivity contribution in [2.45, 2.75) is 38.3 Å². The number of nitrogens with one attached hydrogen (secondary N) is 1. The maximum Gasteiger partial charge on any atom is 0.116 e. The van der Waals surface area contributed by atoms with Gasteiger partial charge in [0.25, 0.3) is 0 Å². The Kier molecular flexibility index (Phi) is 1.82. The Morgan fingerprint density at radius 1 is 1.36 bits per heavy atom. The lowest BCUT2D eigenvalue weighted by Gasteiger charge is -2.18. The summed E-state index contributed by atoms with van der Waals surface area (Å²) >= 11 is 0. The topological polar surface area (TPSA) is 29.3 Å². The summed E-state index contributed by atoms with van der Waals surface area (Å²) in [5, 5.41) is 3.26. The molecule has 0 aromatic carbocycles. The smallest absolute Gasteiger partial charge is 0.116 e. The molecule has 0 unspecified atom stereocenters. The quantitative estimate of drug-likeness (QED) is 0.722. The highest BCUT2D eigenvalue weighted by Gasteiger charge is 2.20. The number of anilines is 1. The largest absolute Gasteiger partial charge is 0.333 e. The summed E-state index contributed by atoms with van der Waals surface area (Å²) in [4.78, 5) is 4.21. The summed E-state index contributed by atoms with van der Waals surface area (Å²) in [5.41, 5.74) is 1.33. The SMILES string of the molecule is C1=NCc2ccn(C3CCCC3)c2N1. The van der Waals surface area contributed by atoms with Crippen molar-refractivity contribution >= 4 is 12.2 Å². The zero-order valence-electron chi connectivity index (χ0n) is 8.24. The predicted octanol–water partition coefficient (Wildman–Crippen LogP) is 2.56. The van der Waals surface area contributed by atoms with E-state index in [9.17, 15) is 0 Å². The van der Waals surface area contributed by atoms with Crippen LogP contribution >= 0.6 is 0 Å². The van der Waals surface area contributed by atoms with Crippen LogP contribution < -0.4 is 5.32 Å². The number of hydrogen-bond donors (Lipinski definition) is 1. The molecule has 14 heavy (non-hydrogen) atoms. The molecule has 1 aliphatic carbocycles. The molecule has 3 nitrogen and oxygen atoms in total. The second-order valence-electron chi connectivity index (χ2n) is 4.15. The van der Waals surface area contributed by atoms with Gasteiger partial charge in [0.1, 0.15) is 5.82 Å². The van der Waals surface area contributed by atoms with Gasteiger partial charge in [0.2, 0.25) is 0 Å². The second-order valence-corrected chi connectivity index (χ2v) is 4.15. The van der Waals surface area contributed by atoms with Gasteiger partial charge in [0, 0.05) is 17.8 Å². The Morgan fingerprint density at radius 2 is 2.21 bits per heavy atom. The summed E-state index contributed by atoms with van der Waals surface area (Å²) < 4.78 is 2.40. The molecule has 0 amide bonds. The van der Waals surface area contributed by atoms with Crippen molar-refractivity contribution in [3.05, 3.63) is 17.8 Å². The highest BCUT2D eigenvalue weighted by Crippen LogP contribution is 2.34. The van der Waals surface area contributed by atoms with Crippen LogP contribution in [0.4, 0.5) is 5.82 Å². The van der Waals surface area contributed by atoms with E-state index in [1.807, 2.05) is 6.34 Å². The van der Waals surface area contributed by atoms with E-state index in [0.29, 0.717) is 0 Å². The van der Waals surface area contributed by atoms with Gasteiger partial charge < -0.3 is 9.88 Å². The summed E-state index contributed by atoms with van der Waals surface area (Å²) in [5.74, 6) is 1.27. The van der Waals surface area contributed by atoms with Gasteiger partial charge in [-0.1, -0.05) is 12.8 Å². The van der Waals surface area contributed by atoms with Gasteiger partial charge in [-0.15, -0.1) is 0 Å². The lowest BCUT2D eigenvalue weighted by molar-refractivity contribution is 0.526. The van der Waals surface area contributed by atoms with Crippen LogP contribution in [0.25, 0.3) is 0 Å². The maximum absolute atomic E-state index is 4.21. The van der Waals surface area contributed by atoms with Crippen molar-refractivity contribution in [2.24, 2.45) is 4.99 Å². The first-order valence-electron chi connectivity index (χ1n) is 5.40. The molecule has 1 fully saturated rings. The Labute approximate surface area is 83.8 Å². The van der Waals surface area contributed by atoms with Gasteiger partial charge in [0.05, 0.1) is 12.9 Å². The Hall–Kier alpha value is -1.25. The molecule has 0 spiro atoms. The fraction of sp³-hybridized carbons (Fsp3) is 0.545. The monoisotopic (exact) mass is 189 g/mol. The molecule has 3 heteroatoms. The number of fused-ring (bicyclic) bond motifs is 1. The lowest BCUT2D eigenvalue weighted by atomic mass is 10.2. The van der Waals surface area contributed by atoms with Crippen molar-refractivity contribution < 1.29 is 0 Å². The standard InChI is InChI=1S/C11H15N3/c1-2-4-10(3-1)14-6-5-9-7-12-8-13-11(9)14/h5-6,8,10H,1-4,7H2,(H,12,13). The molecule has 0 radical (unpaired) electrons. The predicted molar refractivity (Wildman–Crippen MR) is 57.8 cm³/mol. The molecule has 0 saturated heterocycles. The number of nitrogens with zero attached hydrogens (tertiary/aromatic N) is 2. The van der Waals surface area contributed by atoms with Crippen LogP contribution in [0.2, 0.25) is 0 Å². The van der Waals surface area contributed by atoms with E-state index < -0.39 is 0 Å². The molecular formula is C11H15N3. The molecule has 74 valence electrons. The highest BCUT2D eigenvalue weighted by molar-refractivity contribution is 5.78. The third-order valence-electron chi connectivity index (χ3n) is 3.27. The molecule has 3 rings (SSSR count). The van der Waals surface area contributed by atoms with Gasteiger partial charge in [-0.2, -0.15) is 0 Å². The Morgan fingerprint density at radius 3 is 3.07 bits per heavy atom. The number of hydrogen-bond acceptors (Lipinski definition) is 2. The number of aromatic nitrogens is 1. The zero-order chi connectivity index (χ0) is 9.38. The van der Waals surface area contributed by atoms with Crippen LogP contribution in [0.5, 0.6) is 0 Å². The van der Waals surface area contributed by atoms with Gasteiger partial charge in [0.15, 0.2) is 0 Å². The summed E-state index contributed by atoms with van der Waals surface area (Å²) in [7, 11) is 0. The van der Waals surface area contributed by atoms with Crippen LogP contribution in [0, 0.1) is 0 Å². The molecule has 1 saturated carbocycles. The summed E-state index contributed by atoms with van der Waals surface area (Å²) in [6.07, 6.45) is 9.45. The Bertz CT molecular complexity index is 359. The molecule has 2 heterocycles. The van der Waals surface area contributed by atoms with Crippen molar-refractivity contribution in [1.82, 2.24) is 4.57 Å². The van der Waals surface area contributed by atoms with Crippen molar-refractivity contribution in [3.8, 4) is 0 Å². The highest BCUT2D eigenvalue weighted by atomic mass is 15.2. The van der Waals surface area contributed by atoms with Gasteiger partial charge >= 0.3 is 0 Å². The number of rotatable bonds is 1. The average molecular weight is 189 g/mol. The average Bonchev–Trinajstić information content (AvgIpc) is 2.85. The summed E-state index contributed by atoms with van der Waals surface area (Å²) in [6.45, 7) is 0.835. The minimum absolute atomic E-state index is 0.720. The van der Waals surface area contributed by atoms with Crippen LogP contribution in [0.3, 0.4) is 0 Å². The van der Waals surface area contributed by atoms with Crippen molar-refractivity contribution in [2.75, 3.05) is 5.32 Å². The van der Waals surface area contributed by atoms with Crippen LogP contribution in [0.1, 0.15) is 37.3 Å². The van der Waals surface area contributed by atoms with E-state index in [2.05, 4.69) is 27.1 Å². The van der Waals surface area contributed by atoms with Gasteiger partial charge in [-0.05, 0) is 18.9 Å². The minimum atomic E-state index is 0.720. The molecule has 1 N–H and O–H groups in total. The van der Waals surface area contributed by atoms with Crippen molar-refractivity contribution in [3.63, 3.8) is 0 Å². The van der Waals surface area contributed by atoms with Crippen molar-refractivity contribution in [1.29, 1.82) is 0 Å². The molecule has 1 aromatic rings. The first-order valence-corrected chi connectivity index (χ1v) is 5.40. The second kappa shape index (κ2) is 3.15. The normalized spacial score (nSPS) is 20.9. The fourth-order valence-electron chi connectivity index (χ4n) is 2.52. The first-order chi connectivity index (χ1) is 6.95. The minimum Gasteiger partial charge on any atom is -0.333 e. The van der Waals surface area contributed by atoms with Crippen LogP contribution in [0.15, 0.2) is 17.3 Å². The molecule has 0 atom stereocenters. The molecule has 1 aromatic heterocycles. The first kappa shape index (κ1) is 8.09. The molecule has 2 aliphatic rings. The zero-order valence-corrected chi connectivity index (χ0v) is 8.24. The molecule has 1 aliphatic heterocycles. The van der Waals surface area contributed by atoms with Gasteiger partial charge in [-0.25, -0.2) is 0 Å². The van der Waals surface area contributed by atoms with E-state index >= 15 is 0 Å². The third-order valence-corrected chi connectivity index (χ3v) is 3.27. The maximum atomic E-state index is 4.21. The summed E-state index contributed by atoms with van der Waals surface area (Å²) in [6, 6.07) is 2.91. The Balaban J connectivity index is 1.95. The van der Waals surface area contributed by atoms with E-state index in [0.717, 1.165) is 12.6 Å². The number of aliphatic imine (C=N–C) groups is 1. The molecular weight excluding hydrogens is 174 g/mol. The van der Waals surface area contributed by atoms with E-state index in [1.54, 1.807) is 0 Å². The van der Waals surface area contributed by atoms with Crippen LogP contribution in [-0.2, 0) is 6.54 Å². The molecule has 0 bridgehead atoms. The lowest BCUT2D eigenvalue weighted by Crippen LogP contribution is -2.12. The van der Waals surface area contributed by atoms with E-state index in [4.69, 9.17) is 0 Å². The van der Waals surface area contributed by atoms with E-state index in [-0.39, 0.29) is 0 Å². The van der Waals surface area contributed by atoms with Gasteiger partial charge in [-0.3, -0.25) is 4.99 Å². The third kappa shape index (κ3) is 1.15.